The Kier molecular flexibility index (Phi) is 6.86. The number of anilines is 1. The highest BCUT2D eigenvalue weighted by Crippen LogP contribution is 2.22. The molecule has 0 aliphatic carbocycles. The lowest BCUT2D eigenvalue weighted by Crippen LogP contribution is -2.13. The van der Waals surface area contributed by atoms with E-state index < -0.39 is 0 Å². The molecule has 23 heavy (non-hydrogen) atoms. The lowest BCUT2D eigenvalue weighted by atomic mass is 10.2. The molecule has 0 saturated heterocycles. The Hall–Kier alpha value is -1.59. The standard InChI is InChI=1S/C17H14BrIN2O2/c18-12-6-7-16(19)15(10-12)17(22)21-13-4-3-5-14(11-13)23-9-2-1-8-20/h3-7,10-11H,1-2,9H2,(H,21,22). The molecule has 0 unspecified atom stereocenters. The molecule has 118 valence electrons. The lowest BCUT2D eigenvalue weighted by Gasteiger charge is -2.10. The van der Waals surface area contributed by atoms with Gasteiger partial charge in [-0.25, -0.2) is 0 Å². The van der Waals surface area contributed by atoms with Gasteiger partial charge in [-0.1, -0.05) is 22.0 Å². The molecule has 0 atom stereocenters. The maximum Gasteiger partial charge on any atom is 0.256 e. The van der Waals surface area contributed by atoms with Crippen molar-refractivity contribution in [2.75, 3.05) is 11.9 Å². The van der Waals surface area contributed by atoms with Crippen LogP contribution in [0, 0.1) is 14.9 Å². The van der Waals surface area contributed by atoms with Crippen molar-refractivity contribution in [2.45, 2.75) is 12.8 Å². The fourth-order valence-corrected chi connectivity index (χ4v) is 2.82. The first-order valence-electron chi connectivity index (χ1n) is 6.96. The van der Waals surface area contributed by atoms with Gasteiger partial charge in [0.05, 0.1) is 18.2 Å². The average Bonchev–Trinajstić information content (AvgIpc) is 2.54. The number of carbonyl (C=O) groups excluding carboxylic acids is 1. The zero-order valence-electron chi connectivity index (χ0n) is 12.2. The molecule has 0 saturated carbocycles. The number of nitrogens with zero attached hydrogens (tertiary/aromatic N) is 1. The number of carbonyl (C=O) groups is 1. The van der Waals surface area contributed by atoms with Crippen LogP contribution in [0.25, 0.3) is 0 Å². The Balaban J connectivity index is 2.03. The van der Waals surface area contributed by atoms with Gasteiger partial charge in [-0.3, -0.25) is 4.79 Å². The van der Waals surface area contributed by atoms with Crippen LogP contribution in [0.4, 0.5) is 5.69 Å². The number of halogens is 2. The van der Waals surface area contributed by atoms with Crippen LogP contribution in [0.5, 0.6) is 5.75 Å². The van der Waals surface area contributed by atoms with E-state index in [1.807, 2.05) is 30.3 Å². The van der Waals surface area contributed by atoms with Crippen molar-refractivity contribution in [3.63, 3.8) is 0 Å². The Morgan fingerprint density at radius 3 is 2.91 bits per heavy atom. The Morgan fingerprint density at radius 1 is 1.30 bits per heavy atom. The van der Waals surface area contributed by atoms with Gasteiger partial charge in [-0.15, -0.1) is 0 Å². The predicted molar refractivity (Wildman–Crippen MR) is 102 cm³/mol. The first-order chi connectivity index (χ1) is 11.1. The number of rotatable bonds is 6. The Bertz CT molecular complexity index is 744. The minimum Gasteiger partial charge on any atom is -0.493 e. The van der Waals surface area contributed by atoms with Crippen LogP contribution in [0.3, 0.4) is 0 Å². The summed E-state index contributed by atoms with van der Waals surface area (Å²) in [4.78, 5) is 12.4. The van der Waals surface area contributed by atoms with Crippen LogP contribution >= 0.6 is 38.5 Å². The van der Waals surface area contributed by atoms with Crippen molar-refractivity contribution in [3.8, 4) is 11.8 Å². The van der Waals surface area contributed by atoms with E-state index in [4.69, 9.17) is 10.00 Å². The van der Waals surface area contributed by atoms with Crippen LogP contribution in [-0.2, 0) is 0 Å². The topological polar surface area (TPSA) is 62.1 Å². The van der Waals surface area contributed by atoms with Gasteiger partial charge < -0.3 is 10.1 Å². The second-order valence-corrected chi connectivity index (χ2v) is 6.79. The highest BCUT2D eigenvalue weighted by atomic mass is 127. The lowest BCUT2D eigenvalue weighted by molar-refractivity contribution is 0.102. The third-order valence-electron chi connectivity index (χ3n) is 2.97. The number of nitrogens with one attached hydrogen (secondary N) is 1. The summed E-state index contributed by atoms with van der Waals surface area (Å²) in [5, 5.41) is 11.4. The molecule has 6 heteroatoms. The van der Waals surface area contributed by atoms with E-state index >= 15 is 0 Å². The van der Waals surface area contributed by atoms with Crippen molar-refractivity contribution in [1.29, 1.82) is 5.26 Å². The van der Waals surface area contributed by atoms with Crippen molar-refractivity contribution in [2.24, 2.45) is 0 Å². The van der Waals surface area contributed by atoms with Crippen molar-refractivity contribution in [1.82, 2.24) is 0 Å². The second-order valence-electron chi connectivity index (χ2n) is 4.72. The summed E-state index contributed by atoms with van der Waals surface area (Å²) in [6.45, 7) is 0.481. The summed E-state index contributed by atoms with van der Waals surface area (Å²) >= 11 is 5.51. The van der Waals surface area contributed by atoms with Gasteiger partial charge >= 0.3 is 0 Å². The van der Waals surface area contributed by atoms with Gasteiger partial charge in [0.15, 0.2) is 0 Å². The Morgan fingerprint density at radius 2 is 2.13 bits per heavy atom. The molecule has 2 rings (SSSR count). The third kappa shape index (κ3) is 5.52. The number of amides is 1. The van der Waals surface area contributed by atoms with Crippen molar-refractivity contribution < 1.29 is 9.53 Å². The van der Waals surface area contributed by atoms with E-state index in [9.17, 15) is 4.79 Å². The van der Waals surface area contributed by atoms with Crippen LogP contribution in [0.2, 0.25) is 0 Å². The molecule has 0 fully saturated rings. The number of hydrogen-bond acceptors (Lipinski definition) is 3. The number of ether oxygens (including phenoxy) is 1. The van der Waals surface area contributed by atoms with Gasteiger partial charge in [0.25, 0.3) is 5.91 Å². The van der Waals surface area contributed by atoms with E-state index in [0.717, 1.165) is 8.04 Å². The molecule has 0 spiro atoms. The number of hydrogen-bond donors (Lipinski definition) is 1. The fraction of sp³-hybridized carbons (Fsp3) is 0.176. The second kappa shape index (κ2) is 8.89. The van der Waals surface area contributed by atoms with E-state index in [-0.39, 0.29) is 5.91 Å². The molecule has 2 aromatic rings. The highest BCUT2D eigenvalue weighted by molar-refractivity contribution is 14.1. The summed E-state index contributed by atoms with van der Waals surface area (Å²) in [5.41, 5.74) is 1.28. The summed E-state index contributed by atoms with van der Waals surface area (Å²) in [7, 11) is 0. The molecule has 4 nitrogen and oxygen atoms in total. The van der Waals surface area contributed by atoms with Gasteiger partial charge in [-0.2, -0.15) is 5.26 Å². The van der Waals surface area contributed by atoms with Crippen LogP contribution in [0.1, 0.15) is 23.2 Å². The fourth-order valence-electron chi connectivity index (χ4n) is 1.87. The summed E-state index contributed by atoms with van der Waals surface area (Å²) in [6.07, 6.45) is 1.15. The highest BCUT2D eigenvalue weighted by Gasteiger charge is 2.11. The van der Waals surface area contributed by atoms with Gasteiger partial charge in [0.1, 0.15) is 5.75 Å². The molecular formula is C17H14BrIN2O2. The minimum absolute atomic E-state index is 0.169. The largest absolute Gasteiger partial charge is 0.493 e. The normalized spacial score (nSPS) is 9.96. The van der Waals surface area contributed by atoms with Crippen LogP contribution in [-0.4, -0.2) is 12.5 Å². The zero-order valence-corrected chi connectivity index (χ0v) is 15.9. The average molecular weight is 485 g/mol. The van der Waals surface area contributed by atoms with Crippen LogP contribution in [0.15, 0.2) is 46.9 Å². The SMILES string of the molecule is N#CCCCOc1cccc(NC(=O)c2cc(Br)ccc2I)c1. The molecule has 0 heterocycles. The molecule has 1 amide bonds. The molecule has 1 N–H and O–H groups in total. The molecule has 0 bridgehead atoms. The number of unbranched alkanes of at least 4 members (excludes halogenated alkanes) is 1. The molecule has 2 aromatic carbocycles. The molecule has 0 radical (unpaired) electrons. The zero-order chi connectivity index (χ0) is 16.7. The van der Waals surface area contributed by atoms with Gasteiger partial charge in [0, 0.05) is 26.2 Å². The monoisotopic (exact) mass is 484 g/mol. The minimum atomic E-state index is -0.169. The number of benzene rings is 2. The van der Waals surface area contributed by atoms with E-state index in [1.165, 1.54) is 0 Å². The van der Waals surface area contributed by atoms with E-state index in [1.54, 1.807) is 12.1 Å². The van der Waals surface area contributed by atoms with Crippen molar-refractivity contribution in [3.05, 3.63) is 56.1 Å². The number of nitriles is 1. The maximum absolute atomic E-state index is 12.4. The smallest absolute Gasteiger partial charge is 0.256 e. The molecular weight excluding hydrogens is 471 g/mol. The van der Waals surface area contributed by atoms with Crippen molar-refractivity contribution >= 4 is 50.1 Å². The maximum atomic E-state index is 12.4. The molecule has 0 aliphatic heterocycles. The first-order valence-corrected chi connectivity index (χ1v) is 8.83. The summed E-state index contributed by atoms with van der Waals surface area (Å²) < 4.78 is 7.31. The third-order valence-corrected chi connectivity index (χ3v) is 4.40. The van der Waals surface area contributed by atoms with Gasteiger partial charge in [0.2, 0.25) is 0 Å². The molecule has 0 aliphatic rings. The predicted octanol–water partition coefficient (Wildman–Crippen LogP) is 4.99. The first kappa shape index (κ1) is 17.8. The van der Waals surface area contributed by atoms with E-state index in [2.05, 4.69) is 49.9 Å². The molecule has 0 aromatic heterocycles. The van der Waals surface area contributed by atoms with Gasteiger partial charge in [-0.05, 0) is 59.3 Å². The quantitative estimate of drug-likeness (QED) is 0.464. The van der Waals surface area contributed by atoms with E-state index in [0.29, 0.717) is 36.4 Å². The van der Waals surface area contributed by atoms with Crippen LogP contribution < -0.4 is 10.1 Å². The summed E-state index contributed by atoms with van der Waals surface area (Å²) in [5.74, 6) is 0.502. The summed E-state index contributed by atoms with van der Waals surface area (Å²) in [6, 6.07) is 14.9. The Labute approximate surface area is 157 Å².